The van der Waals surface area contributed by atoms with E-state index in [2.05, 4.69) is 4.98 Å². The van der Waals surface area contributed by atoms with Gasteiger partial charge < -0.3 is 10.5 Å². The Kier molecular flexibility index (Phi) is 3.09. The maximum atomic E-state index is 10.8. The highest BCUT2D eigenvalue weighted by molar-refractivity contribution is 5.53. The fourth-order valence-corrected chi connectivity index (χ4v) is 1.43. The topological polar surface area (TPSA) is 91.3 Å². The van der Waals surface area contributed by atoms with Crippen molar-refractivity contribution in [3.8, 4) is 11.6 Å². The van der Waals surface area contributed by atoms with Crippen LogP contribution < -0.4 is 10.5 Å². The van der Waals surface area contributed by atoms with E-state index in [9.17, 15) is 10.1 Å². The first-order valence-electron chi connectivity index (χ1n) is 5.21. The number of aromatic nitrogens is 1. The normalized spacial score (nSPS) is 10.1. The molecule has 0 fully saturated rings. The van der Waals surface area contributed by atoms with E-state index >= 15 is 0 Å². The van der Waals surface area contributed by atoms with E-state index < -0.39 is 4.92 Å². The maximum absolute atomic E-state index is 10.8. The summed E-state index contributed by atoms with van der Waals surface area (Å²) in [4.78, 5) is 14.3. The summed E-state index contributed by atoms with van der Waals surface area (Å²) in [5, 5.41) is 10.8. The number of hydrogen-bond donors (Lipinski definition) is 1. The fourth-order valence-electron chi connectivity index (χ4n) is 1.43. The van der Waals surface area contributed by atoms with Crippen LogP contribution in [-0.2, 0) is 0 Å². The molecule has 0 amide bonds. The third kappa shape index (κ3) is 2.37. The lowest BCUT2D eigenvalue weighted by Gasteiger charge is -2.07. The second-order valence-electron chi connectivity index (χ2n) is 3.71. The number of nitrogens with zero attached hydrogens (tertiary/aromatic N) is 2. The van der Waals surface area contributed by atoms with Crippen molar-refractivity contribution in [2.24, 2.45) is 0 Å². The summed E-state index contributed by atoms with van der Waals surface area (Å²) >= 11 is 0. The number of rotatable bonds is 3. The first-order chi connectivity index (χ1) is 8.58. The molecule has 92 valence electrons. The van der Waals surface area contributed by atoms with Gasteiger partial charge in [-0.05, 0) is 19.1 Å². The second-order valence-corrected chi connectivity index (χ2v) is 3.71. The van der Waals surface area contributed by atoms with E-state index in [0.29, 0.717) is 17.0 Å². The van der Waals surface area contributed by atoms with Crippen molar-refractivity contribution < 1.29 is 9.66 Å². The van der Waals surface area contributed by atoms with Crippen LogP contribution in [-0.4, -0.2) is 9.91 Å². The Morgan fingerprint density at radius 1 is 1.39 bits per heavy atom. The fraction of sp³-hybridized carbons (Fsp3) is 0.0833. The van der Waals surface area contributed by atoms with Gasteiger partial charge in [-0.2, -0.15) is 0 Å². The number of nitrogens with two attached hydrogens (primary N) is 1. The molecule has 0 atom stereocenters. The molecule has 0 bridgehead atoms. The molecule has 0 radical (unpaired) electrons. The van der Waals surface area contributed by atoms with Crippen LogP contribution in [0.1, 0.15) is 5.56 Å². The largest absolute Gasteiger partial charge is 0.437 e. The number of ether oxygens (including phenoxy) is 1. The van der Waals surface area contributed by atoms with Crippen molar-refractivity contribution in [3.63, 3.8) is 0 Å². The molecule has 0 aliphatic rings. The zero-order valence-corrected chi connectivity index (χ0v) is 9.66. The molecule has 2 N–H and O–H groups in total. The number of benzene rings is 1. The van der Waals surface area contributed by atoms with Crippen molar-refractivity contribution in [2.45, 2.75) is 6.92 Å². The summed E-state index contributed by atoms with van der Waals surface area (Å²) in [7, 11) is 0. The molecule has 0 aliphatic heterocycles. The zero-order valence-electron chi connectivity index (χ0n) is 9.66. The summed E-state index contributed by atoms with van der Waals surface area (Å²) in [5.74, 6) is 0.563. The molecular weight excluding hydrogens is 234 g/mol. The number of hydrogen-bond acceptors (Lipinski definition) is 5. The minimum absolute atomic E-state index is 0.0329. The van der Waals surface area contributed by atoms with Crippen LogP contribution in [0.2, 0.25) is 0 Å². The number of nitrogen functional groups attached to an aromatic ring is 1. The average Bonchev–Trinajstić information content (AvgIpc) is 2.34. The van der Waals surface area contributed by atoms with E-state index in [-0.39, 0.29) is 11.6 Å². The quantitative estimate of drug-likeness (QED) is 0.510. The van der Waals surface area contributed by atoms with Crippen LogP contribution in [0.4, 0.5) is 11.4 Å². The minimum atomic E-state index is -0.474. The van der Waals surface area contributed by atoms with Gasteiger partial charge in [0.1, 0.15) is 0 Å². The van der Waals surface area contributed by atoms with E-state index in [1.54, 1.807) is 31.2 Å². The van der Waals surface area contributed by atoms with Gasteiger partial charge in [-0.25, -0.2) is 4.98 Å². The Morgan fingerprint density at radius 3 is 2.78 bits per heavy atom. The van der Waals surface area contributed by atoms with Gasteiger partial charge in [0.15, 0.2) is 5.75 Å². The van der Waals surface area contributed by atoms with Gasteiger partial charge >= 0.3 is 0 Å². The number of pyridine rings is 1. The highest BCUT2D eigenvalue weighted by atomic mass is 16.6. The molecule has 0 saturated carbocycles. The number of para-hydroxylation sites is 2. The molecule has 6 heteroatoms. The van der Waals surface area contributed by atoms with Crippen LogP contribution in [0.5, 0.6) is 11.6 Å². The van der Waals surface area contributed by atoms with E-state index in [4.69, 9.17) is 10.5 Å². The van der Waals surface area contributed by atoms with Crippen molar-refractivity contribution in [1.29, 1.82) is 0 Å². The Morgan fingerprint density at radius 2 is 2.11 bits per heavy atom. The standard InChI is InChI=1S/C12H11N3O3/c1-8-7-14-12(6-10(8)15(16)17)18-11-5-3-2-4-9(11)13/h2-7H,13H2,1H3. The summed E-state index contributed by atoms with van der Waals surface area (Å²) < 4.78 is 5.41. The lowest BCUT2D eigenvalue weighted by Crippen LogP contribution is -1.96. The van der Waals surface area contributed by atoms with Gasteiger partial charge in [0.2, 0.25) is 5.88 Å². The second kappa shape index (κ2) is 4.70. The molecule has 2 rings (SSSR count). The first-order valence-corrected chi connectivity index (χ1v) is 5.21. The molecular formula is C12H11N3O3. The number of anilines is 1. The SMILES string of the molecule is Cc1cnc(Oc2ccccc2N)cc1[N+](=O)[O-]. The first kappa shape index (κ1) is 11.8. The Balaban J connectivity index is 2.33. The highest BCUT2D eigenvalue weighted by Crippen LogP contribution is 2.28. The van der Waals surface area contributed by atoms with Gasteiger partial charge in [0.05, 0.1) is 16.7 Å². The van der Waals surface area contributed by atoms with Crippen LogP contribution in [0.15, 0.2) is 36.5 Å². The minimum Gasteiger partial charge on any atom is -0.437 e. The molecule has 1 heterocycles. The number of nitro groups is 1. The zero-order chi connectivity index (χ0) is 13.1. The summed E-state index contributed by atoms with van der Waals surface area (Å²) in [5.41, 5.74) is 6.60. The van der Waals surface area contributed by atoms with Gasteiger partial charge in [-0.1, -0.05) is 12.1 Å². The monoisotopic (exact) mass is 245 g/mol. The van der Waals surface area contributed by atoms with Crippen LogP contribution in [0.3, 0.4) is 0 Å². The third-order valence-electron chi connectivity index (χ3n) is 2.38. The van der Waals surface area contributed by atoms with Gasteiger partial charge in [0, 0.05) is 11.8 Å². The van der Waals surface area contributed by atoms with E-state index in [0.717, 1.165) is 0 Å². The molecule has 18 heavy (non-hydrogen) atoms. The average molecular weight is 245 g/mol. The Bertz CT molecular complexity index is 599. The maximum Gasteiger partial charge on any atom is 0.279 e. The molecule has 6 nitrogen and oxygen atoms in total. The van der Waals surface area contributed by atoms with E-state index in [1.165, 1.54) is 12.3 Å². The molecule has 0 unspecified atom stereocenters. The Labute approximate surface area is 103 Å². The van der Waals surface area contributed by atoms with Crippen molar-refractivity contribution in [1.82, 2.24) is 4.98 Å². The molecule has 0 saturated heterocycles. The lowest BCUT2D eigenvalue weighted by molar-refractivity contribution is -0.385. The third-order valence-corrected chi connectivity index (χ3v) is 2.38. The molecule has 0 spiro atoms. The lowest BCUT2D eigenvalue weighted by atomic mass is 10.2. The Hall–Kier alpha value is -2.63. The van der Waals surface area contributed by atoms with Crippen molar-refractivity contribution in [2.75, 3.05) is 5.73 Å². The molecule has 0 aliphatic carbocycles. The van der Waals surface area contributed by atoms with Crippen LogP contribution in [0.25, 0.3) is 0 Å². The smallest absolute Gasteiger partial charge is 0.279 e. The van der Waals surface area contributed by atoms with Gasteiger partial charge in [0.25, 0.3) is 5.69 Å². The summed E-state index contributed by atoms with van der Waals surface area (Å²) in [6.07, 6.45) is 1.40. The summed E-state index contributed by atoms with van der Waals surface area (Å²) in [6, 6.07) is 8.16. The van der Waals surface area contributed by atoms with Gasteiger partial charge in [-0.3, -0.25) is 10.1 Å². The highest BCUT2D eigenvalue weighted by Gasteiger charge is 2.13. The van der Waals surface area contributed by atoms with Gasteiger partial charge in [-0.15, -0.1) is 0 Å². The molecule has 1 aromatic heterocycles. The predicted octanol–water partition coefficient (Wildman–Crippen LogP) is 2.67. The molecule has 1 aromatic carbocycles. The summed E-state index contributed by atoms with van der Waals surface area (Å²) in [6.45, 7) is 1.62. The van der Waals surface area contributed by atoms with E-state index in [1.807, 2.05) is 0 Å². The molecule has 2 aromatic rings. The van der Waals surface area contributed by atoms with Crippen LogP contribution >= 0.6 is 0 Å². The predicted molar refractivity (Wildman–Crippen MR) is 66.6 cm³/mol. The van der Waals surface area contributed by atoms with Crippen molar-refractivity contribution in [3.05, 3.63) is 52.2 Å². The van der Waals surface area contributed by atoms with Crippen LogP contribution in [0, 0.1) is 17.0 Å². The number of aryl methyl sites for hydroxylation is 1. The van der Waals surface area contributed by atoms with Crippen molar-refractivity contribution >= 4 is 11.4 Å².